The highest BCUT2D eigenvalue weighted by molar-refractivity contribution is 4.98. The van der Waals surface area contributed by atoms with E-state index in [0.29, 0.717) is 19.0 Å². The van der Waals surface area contributed by atoms with Crippen LogP contribution >= 0.6 is 0 Å². The van der Waals surface area contributed by atoms with Crippen LogP contribution in [-0.2, 0) is 13.6 Å². The van der Waals surface area contributed by atoms with E-state index in [1.54, 1.807) is 6.20 Å². The Bertz CT molecular complexity index is 374. The molecule has 1 fully saturated rings. The maximum Gasteiger partial charge on any atom is 0.122 e. The predicted octanol–water partition coefficient (Wildman–Crippen LogP) is -0.0483. The normalized spacial score (nSPS) is 19.6. The predicted molar refractivity (Wildman–Crippen MR) is 66.3 cm³/mol. The lowest BCUT2D eigenvalue weighted by Crippen LogP contribution is -2.49. The van der Waals surface area contributed by atoms with Crippen LogP contribution in [0.2, 0.25) is 0 Å². The molecule has 1 aromatic heterocycles. The first-order valence-corrected chi connectivity index (χ1v) is 6.12. The van der Waals surface area contributed by atoms with E-state index in [1.807, 2.05) is 24.9 Å². The Morgan fingerprint density at radius 3 is 2.82 bits per heavy atom. The average molecular weight is 238 g/mol. The van der Waals surface area contributed by atoms with Crippen molar-refractivity contribution in [1.29, 1.82) is 0 Å². The third-order valence-electron chi connectivity index (χ3n) is 3.57. The van der Waals surface area contributed by atoms with Crippen LogP contribution in [0.15, 0.2) is 12.4 Å². The molecule has 0 amide bonds. The molecule has 0 aromatic carbocycles. The van der Waals surface area contributed by atoms with Gasteiger partial charge < -0.3 is 15.4 Å². The van der Waals surface area contributed by atoms with Gasteiger partial charge in [-0.1, -0.05) is 0 Å². The van der Waals surface area contributed by atoms with E-state index in [2.05, 4.69) is 9.88 Å². The Labute approximate surface area is 102 Å². The summed E-state index contributed by atoms with van der Waals surface area (Å²) in [6.07, 6.45) is 5.92. The summed E-state index contributed by atoms with van der Waals surface area (Å²) in [6.45, 7) is 1.68. The Balaban J connectivity index is 1.92. The second-order valence-corrected chi connectivity index (χ2v) is 5.21. The maximum absolute atomic E-state index is 10.4. The number of aromatic nitrogens is 2. The molecule has 5 nitrogen and oxygen atoms in total. The van der Waals surface area contributed by atoms with Gasteiger partial charge in [-0.15, -0.1) is 0 Å². The molecule has 0 saturated heterocycles. The quantitative estimate of drug-likeness (QED) is 0.729. The molecule has 1 atom stereocenters. The van der Waals surface area contributed by atoms with Gasteiger partial charge in [0.25, 0.3) is 0 Å². The SMILES string of the molecule is CN(Cc1nccn1C)CC(O)(CN)C1CC1. The number of hydrogen-bond acceptors (Lipinski definition) is 4. The number of rotatable bonds is 6. The topological polar surface area (TPSA) is 67.3 Å². The Morgan fingerprint density at radius 2 is 2.35 bits per heavy atom. The highest BCUT2D eigenvalue weighted by Gasteiger charge is 2.43. The molecular weight excluding hydrogens is 216 g/mol. The van der Waals surface area contributed by atoms with E-state index in [9.17, 15) is 5.11 Å². The molecule has 3 N–H and O–H groups in total. The number of aryl methyl sites for hydroxylation is 1. The molecule has 2 rings (SSSR count). The standard InChI is InChI=1S/C12H22N4O/c1-15(7-11-14-5-6-16(11)2)9-12(17,8-13)10-3-4-10/h5-6,10,17H,3-4,7-9,13H2,1-2H3. The molecule has 0 bridgehead atoms. The molecule has 0 spiro atoms. The van der Waals surface area contributed by atoms with E-state index in [-0.39, 0.29) is 0 Å². The molecule has 1 heterocycles. The fourth-order valence-electron chi connectivity index (χ4n) is 2.29. The summed E-state index contributed by atoms with van der Waals surface area (Å²) in [5.41, 5.74) is 4.98. The number of imidazole rings is 1. The smallest absolute Gasteiger partial charge is 0.122 e. The fourth-order valence-corrected chi connectivity index (χ4v) is 2.29. The van der Waals surface area contributed by atoms with E-state index in [0.717, 1.165) is 25.2 Å². The summed E-state index contributed by atoms with van der Waals surface area (Å²) in [5.74, 6) is 1.39. The van der Waals surface area contributed by atoms with Crippen LogP contribution in [0.25, 0.3) is 0 Å². The van der Waals surface area contributed by atoms with Crippen LogP contribution in [0.1, 0.15) is 18.7 Å². The molecule has 1 aliphatic rings. The number of nitrogens with zero attached hydrogens (tertiary/aromatic N) is 3. The van der Waals surface area contributed by atoms with Crippen molar-refractivity contribution in [2.24, 2.45) is 18.7 Å². The highest BCUT2D eigenvalue weighted by Crippen LogP contribution is 2.39. The zero-order valence-electron chi connectivity index (χ0n) is 10.6. The molecule has 1 aromatic rings. The molecule has 17 heavy (non-hydrogen) atoms. The summed E-state index contributed by atoms with van der Waals surface area (Å²) in [6, 6.07) is 0. The van der Waals surface area contributed by atoms with E-state index in [1.165, 1.54) is 0 Å². The van der Waals surface area contributed by atoms with E-state index < -0.39 is 5.60 Å². The van der Waals surface area contributed by atoms with Gasteiger partial charge in [0.15, 0.2) is 0 Å². The zero-order valence-corrected chi connectivity index (χ0v) is 10.6. The monoisotopic (exact) mass is 238 g/mol. The van der Waals surface area contributed by atoms with Crippen molar-refractivity contribution < 1.29 is 5.11 Å². The lowest BCUT2D eigenvalue weighted by atomic mass is 9.97. The number of aliphatic hydroxyl groups is 1. The third kappa shape index (κ3) is 2.86. The van der Waals surface area contributed by atoms with E-state index >= 15 is 0 Å². The lowest BCUT2D eigenvalue weighted by molar-refractivity contribution is -0.00441. The summed E-state index contributed by atoms with van der Waals surface area (Å²) < 4.78 is 2.00. The Morgan fingerprint density at radius 1 is 1.65 bits per heavy atom. The van der Waals surface area contributed by atoms with Gasteiger partial charge in [-0.3, -0.25) is 4.90 Å². The van der Waals surface area contributed by atoms with Crippen LogP contribution in [0.4, 0.5) is 0 Å². The van der Waals surface area contributed by atoms with Gasteiger partial charge in [-0.2, -0.15) is 0 Å². The second-order valence-electron chi connectivity index (χ2n) is 5.21. The van der Waals surface area contributed by atoms with Crippen molar-refractivity contribution in [3.05, 3.63) is 18.2 Å². The molecule has 0 aliphatic heterocycles. The average Bonchev–Trinajstić information content (AvgIpc) is 3.06. The van der Waals surface area contributed by atoms with Gasteiger partial charge in [0.05, 0.1) is 12.1 Å². The molecular formula is C12H22N4O. The summed E-state index contributed by atoms with van der Waals surface area (Å²) in [5, 5.41) is 10.4. The van der Waals surface area contributed by atoms with Crippen molar-refractivity contribution in [3.8, 4) is 0 Å². The molecule has 1 unspecified atom stereocenters. The number of nitrogens with two attached hydrogens (primary N) is 1. The third-order valence-corrected chi connectivity index (χ3v) is 3.57. The number of hydrogen-bond donors (Lipinski definition) is 2. The zero-order chi connectivity index (χ0) is 12.5. The van der Waals surface area contributed by atoms with Crippen LogP contribution in [0.5, 0.6) is 0 Å². The minimum Gasteiger partial charge on any atom is -0.387 e. The van der Waals surface area contributed by atoms with Crippen molar-refractivity contribution in [2.75, 3.05) is 20.1 Å². The van der Waals surface area contributed by atoms with E-state index in [4.69, 9.17) is 5.73 Å². The van der Waals surface area contributed by atoms with Gasteiger partial charge >= 0.3 is 0 Å². The van der Waals surface area contributed by atoms with Crippen LogP contribution in [0.3, 0.4) is 0 Å². The molecule has 1 saturated carbocycles. The second kappa shape index (κ2) is 4.76. The van der Waals surface area contributed by atoms with Crippen LogP contribution in [-0.4, -0.2) is 45.3 Å². The largest absolute Gasteiger partial charge is 0.387 e. The Kier molecular flexibility index (Phi) is 3.51. The maximum atomic E-state index is 10.4. The molecule has 0 radical (unpaired) electrons. The fraction of sp³-hybridized carbons (Fsp3) is 0.750. The minimum atomic E-state index is -0.722. The van der Waals surface area contributed by atoms with Crippen molar-refractivity contribution in [2.45, 2.75) is 25.0 Å². The molecule has 96 valence electrons. The first-order valence-electron chi connectivity index (χ1n) is 6.12. The van der Waals surface area contributed by atoms with Gasteiger partial charge in [-0.05, 0) is 25.8 Å². The lowest BCUT2D eigenvalue weighted by Gasteiger charge is -2.31. The van der Waals surface area contributed by atoms with Crippen LogP contribution < -0.4 is 5.73 Å². The molecule has 1 aliphatic carbocycles. The van der Waals surface area contributed by atoms with Crippen LogP contribution in [0, 0.1) is 5.92 Å². The van der Waals surface area contributed by atoms with Gasteiger partial charge in [0.2, 0.25) is 0 Å². The van der Waals surface area contributed by atoms with Gasteiger partial charge in [0.1, 0.15) is 5.82 Å². The minimum absolute atomic E-state index is 0.336. The molecule has 5 heteroatoms. The summed E-state index contributed by atoms with van der Waals surface area (Å²) in [7, 11) is 3.98. The van der Waals surface area contributed by atoms with Crippen molar-refractivity contribution >= 4 is 0 Å². The number of likely N-dealkylation sites (N-methyl/N-ethyl adjacent to an activating group) is 1. The summed E-state index contributed by atoms with van der Waals surface area (Å²) >= 11 is 0. The van der Waals surface area contributed by atoms with Gasteiger partial charge in [0, 0.05) is 32.5 Å². The van der Waals surface area contributed by atoms with Crippen molar-refractivity contribution in [1.82, 2.24) is 14.5 Å². The highest BCUT2D eigenvalue weighted by atomic mass is 16.3. The van der Waals surface area contributed by atoms with Gasteiger partial charge in [-0.25, -0.2) is 4.98 Å². The summed E-state index contributed by atoms with van der Waals surface area (Å²) in [4.78, 5) is 6.37. The first-order chi connectivity index (χ1) is 8.05. The van der Waals surface area contributed by atoms with Crippen molar-refractivity contribution in [3.63, 3.8) is 0 Å². The Hall–Kier alpha value is -0.910. The first kappa shape index (κ1) is 12.5.